The Balaban J connectivity index is 1.77. The Morgan fingerprint density at radius 3 is 2.39 bits per heavy atom. The van der Waals surface area contributed by atoms with Crippen LogP contribution >= 0.6 is 0 Å². The van der Waals surface area contributed by atoms with E-state index >= 15 is 0 Å². The maximum absolute atomic E-state index is 12.4. The van der Waals surface area contributed by atoms with Gasteiger partial charge in [0.2, 0.25) is 0 Å². The van der Waals surface area contributed by atoms with Crippen molar-refractivity contribution in [3.8, 4) is 11.5 Å². The van der Waals surface area contributed by atoms with E-state index in [2.05, 4.69) is 38.8 Å². The Bertz CT molecular complexity index is 1290. The molecule has 0 atom stereocenters. The lowest BCUT2D eigenvalue weighted by Crippen LogP contribution is -2.30. The minimum Gasteiger partial charge on any atom is -0.493 e. The third-order valence-electron chi connectivity index (χ3n) is 6.47. The fraction of sp³-hybridized carbons (Fsp3) is 0.467. The van der Waals surface area contributed by atoms with E-state index in [1.54, 1.807) is 21.0 Å². The molecule has 0 fully saturated rings. The first-order valence-electron chi connectivity index (χ1n) is 13.0. The Labute approximate surface area is 224 Å². The fourth-order valence-electron chi connectivity index (χ4n) is 5.01. The second-order valence-electron chi connectivity index (χ2n) is 10.7. The number of esters is 2. The number of fused-ring (bicyclic) bond motifs is 3. The lowest BCUT2D eigenvalue weighted by molar-refractivity contribution is -0.157. The number of hydrogen-bond acceptors (Lipinski definition) is 8. The van der Waals surface area contributed by atoms with Crippen molar-refractivity contribution < 1.29 is 28.5 Å². The van der Waals surface area contributed by atoms with Gasteiger partial charge in [-0.2, -0.15) is 0 Å². The topological polar surface area (TPSA) is 95.8 Å². The van der Waals surface area contributed by atoms with Crippen LogP contribution in [-0.2, 0) is 31.9 Å². The first kappa shape index (κ1) is 27.4. The Hall–Kier alpha value is -3.68. The molecule has 0 spiro atoms. The van der Waals surface area contributed by atoms with E-state index in [-0.39, 0.29) is 24.4 Å². The number of rotatable bonds is 8. The summed E-state index contributed by atoms with van der Waals surface area (Å²) in [5.74, 6) is -1.11. The van der Waals surface area contributed by atoms with E-state index in [1.165, 1.54) is 6.21 Å². The predicted octanol–water partition coefficient (Wildman–Crippen LogP) is 5.03. The smallest absolute Gasteiger partial charge is 0.325 e. The summed E-state index contributed by atoms with van der Waals surface area (Å²) in [7, 11) is 1.67. The highest BCUT2D eigenvalue weighted by atomic mass is 16.6. The van der Waals surface area contributed by atoms with Crippen LogP contribution in [0.5, 0.6) is 11.5 Å². The highest BCUT2D eigenvalue weighted by Crippen LogP contribution is 2.47. The van der Waals surface area contributed by atoms with Gasteiger partial charge in [0.25, 0.3) is 0 Å². The van der Waals surface area contributed by atoms with Crippen molar-refractivity contribution in [2.24, 2.45) is 15.9 Å². The van der Waals surface area contributed by atoms with Gasteiger partial charge in [-0.15, -0.1) is 0 Å². The molecule has 2 aromatic carbocycles. The molecule has 8 heteroatoms. The number of nitrogens with zero attached hydrogens (tertiary/aromatic N) is 2. The molecule has 0 aromatic heterocycles. The molecule has 0 saturated carbocycles. The molecule has 0 aliphatic carbocycles. The average Bonchev–Trinajstić information content (AvgIpc) is 3.17. The summed E-state index contributed by atoms with van der Waals surface area (Å²) in [5, 5.41) is 0. The summed E-state index contributed by atoms with van der Waals surface area (Å²) in [6, 6.07) is 9.67. The molecular formula is C30H36N2O6. The van der Waals surface area contributed by atoms with Crippen LogP contribution in [0.15, 0.2) is 40.3 Å². The van der Waals surface area contributed by atoms with Crippen molar-refractivity contribution in [3.63, 3.8) is 0 Å². The molecule has 0 radical (unpaired) electrons. The van der Waals surface area contributed by atoms with Crippen molar-refractivity contribution in [1.82, 2.24) is 0 Å². The number of carbonyl (C=O) groups excluding carboxylic acids is 2. The zero-order valence-corrected chi connectivity index (χ0v) is 23.2. The second-order valence-corrected chi connectivity index (χ2v) is 10.7. The maximum Gasteiger partial charge on any atom is 0.325 e. The van der Waals surface area contributed by atoms with E-state index in [0.717, 1.165) is 52.3 Å². The van der Waals surface area contributed by atoms with Crippen LogP contribution in [0.3, 0.4) is 0 Å². The number of hydrogen-bond donors (Lipinski definition) is 0. The van der Waals surface area contributed by atoms with Gasteiger partial charge in [-0.25, -0.2) is 0 Å². The Morgan fingerprint density at radius 1 is 1.08 bits per heavy atom. The van der Waals surface area contributed by atoms with Crippen LogP contribution in [0.2, 0.25) is 0 Å². The molecule has 0 bridgehead atoms. The lowest BCUT2D eigenvalue weighted by atomic mass is 9.81. The van der Waals surface area contributed by atoms with Gasteiger partial charge in [0, 0.05) is 29.3 Å². The van der Waals surface area contributed by atoms with Crippen LogP contribution in [-0.4, -0.2) is 55.3 Å². The van der Waals surface area contributed by atoms with Crippen LogP contribution in [0.4, 0.5) is 5.69 Å². The molecule has 0 saturated heterocycles. The summed E-state index contributed by atoms with van der Waals surface area (Å²) >= 11 is 0. The van der Waals surface area contributed by atoms with Gasteiger partial charge in [0.1, 0.15) is 5.60 Å². The van der Waals surface area contributed by atoms with Crippen LogP contribution < -0.4 is 9.47 Å². The molecular weight excluding hydrogens is 484 g/mol. The van der Waals surface area contributed by atoms with Gasteiger partial charge in [-0.05, 0) is 71.7 Å². The van der Waals surface area contributed by atoms with Crippen molar-refractivity contribution in [2.45, 2.75) is 65.5 Å². The van der Waals surface area contributed by atoms with E-state index in [4.69, 9.17) is 23.9 Å². The Kier molecular flexibility index (Phi) is 7.63. The zero-order valence-electron chi connectivity index (χ0n) is 23.2. The second kappa shape index (κ2) is 10.6. The first-order chi connectivity index (χ1) is 18.0. The molecule has 2 aliphatic heterocycles. The molecule has 2 aliphatic rings. The minimum absolute atomic E-state index is 0.155. The van der Waals surface area contributed by atoms with Gasteiger partial charge in [0.15, 0.2) is 17.4 Å². The van der Waals surface area contributed by atoms with Crippen LogP contribution in [0.25, 0.3) is 0 Å². The van der Waals surface area contributed by atoms with Gasteiger partial charge in [0.05, 0.1) is 37.3 Å². The quantitative estimate of drug-likeness (QED) is 0.275. The highest BCUT2D eigenvalue weighted by Gasteiger charge is 2.39. The summed E-state index contributed by atoms with van der Waals surface area (Å²) in [4.78, 5) is 34.3. The number of ether oxygens (including phenoxy) is 4. The van der Waals surface area contributed by atoms with Gasteiger partial charge >= 0.3 is 11.9 Å². The molecule has 2 aromatic rings. The summed E-state index contributed by atoms with van der Waals surface area (Å²) < 4.78 is 22.1. The normalized spacial score (nSPS) is 16.9. The van der Waals surface area contributed by atoms with Gasteiger partial charge in [-0.1, -0.05) is 12.1 Å². The molecule has 8 nitrogen and oxygen atoms in total. The molecule has 38 heavy (non-hydrogen) atoms. The number of carbonyl (C=O) groups is 2. The number of aliphatic imine (C=N–C) groups is 2. The van der Waals surface area contributed by atoms with Crippen molar-refractivity contribution in [1.29, 1.82) is 0 Å². The zero-order chi connectivity index (χ0) is 27.7. The number of benzene rings is 2. The predicted molar refractivity (Wildman–Crippen MR) is 146 cm³/mol. The number of methoxy groups -OCH3 is 1. The van der Waals surface area contributed by atoms with Crippen LogP contribution in [0.1, 0.15) is 63.8 Å². The third-order valence-corrected chi connectivity index (χ3v) is 6.47. The molecule has 0 N–H and O–H groups in total. The van der Waals surface area contributed by atoms with Crippen molar-refractivity contribution >= 4 is 29.6 Å². The Morgan fingerprint density at radius 2 is 1.76 bits per heavy atom. The molecule has 0 amide bonds. The molecule has 4 rings (SSSR count). The molecule has 2 heterocycles. The summed E-state index contributed by atoms with van der Waals surface area (Å²) in [5.41, 5.74) is 4.97. The minimum atomic E-state index is -1.24. The summed E-state index contributed by atoms with van der Waals surface area (Å²) in [6.45, 7) is 12.0. The lowest BCUT2D eigenvalue weighted by Gasteiger charge is -2.31. The fourth-order valence-corrected chi connectivity index (χ4v) is 5.01. The van der Waals surface area contributed by atoms with E-state index in [9.17, 15) is 9.59 Å². The van der Waals surface area contributed by atoms with Crippen molar-refractivity contribution in [2.75, 3.05) is 20.3 Å². The maximum atomic E-state index is 12.4. The third kappa shape index (κ3) is 5.59. The van der Waals surface area contributed by atoms with E-state index in [0.29, 0.717) is 5.69 Å². The SMILES string of the molecule is CCOC(=O)C(C=Nc1cccc(C2=NC(C)(C)Cc3cc(OC)c4c(c32)CC(C)(C)O4)c1)C(=O)OCC. The first-order valence-corrected chi connectivity index (χ1v) is 13.0. The largest absolute Gasteiger partial charge is 0.493 e. The van der Waals surface area contributed by atoms with Crippen LogP contribution in [0, 0.1) is 5.92 Å². The molecule has 0 unspecified atom stereocenters. The standard InChI is InChI=1S/C30H36N2O6/c1-8-36-27(33)22(28(34)37-9-2)17-31-20-12-10-11-18(13-20)25-24-19(15-29(3,4)32-25)14-23(35-7)26-21(24)16-30(5,6)38-26/h10-14,17,22H,8-9,15-16H2,1-7H3. The van der Waals surface area contributed by atoms with Gasteiger partial charge in [-0.3, -0.25) is 19.6 Å². The molecule has 202 valence electrons. The summed E-state index contributed by atoms with van der Waals surface area (Å²) in [6.07, 6.45) is 2.79. The monoisotopic (exact) mass is 520 g/mol. The highest BCUT2D eigenvalue weighted by molar-refractivity contribution is 6.16. The van der Waals surface area contributed by atoms with Crippen molar-refractivity contribution in [3.05, 3.63) is 52.6 Å². The van der Waals surface area contributed by atoms with E-state index < -0.39 is 17.9 Å². The average molecular weight is 521 g/mol. The van der Waals surface area contributed by atoms with E-state index in [1.807, 2.05) is 24.3 Å². The van der Waals surface area contributed by atoms with Gasteiger partial charge < -0.3 is 18.9 Å².